The molecule has 0 heterocycles. The minimum atomic E-state index is -3.36. The number of carbonyl (C=O) groups excluding carboxylic acids is 1. The Morgan fingerprint density at radius 2 is 2.06 bits per heavy atom. The number of sulfonamides is 1. The molecule has 1 N–H and O–H groups in total. The first kappa shape index (κ1) is 14.9. The molecule has 0 radical (unpaired) electrons. The summed E-state index contributed by atoms with van der Waals surface area (Å²) in [4.78, 5) is 11.7. The van der Waals surface area contributed by atoms with Gasteiger partial charge in [0.1, 0.15) is 0 Å². The molecule has 0 fully saturated rings. The van der Waals surface area contributed by atoms with Gasteiger partial charge in [-0.1, -0.05) is 11.6 Å². The predicted octanol–water partition coefficient (Wildman–Crippen LogP) is 1.48. The van der Waals surface area contributed by atoms with Gasteiger partial charge in [-0.25, -0.2) is 8.42 Å². The van der Waals surface area contributed by atoms with Crippen molar-refractivity contribution in [2.24, 2.45) is 0 Å². The van der Waals surface area contributed by atoms with Crippen LogP contribution in [0.25, 0.3) is 0 Å². The summed E-state index contributed by atoms with van der Waals surface area (Å²) in [5, 5.41) is 3.22. The second-order valence-electron chi connectivity index (χ2n) is 4.03. The predicted molar refractivity (Wildman–Crippen MR) is 72.3 cm³/mol. The van der Waals surface area contributed by atoms with E-state index in [0.717, 1.165) is 16.1 Å². The SMILES string of the molecule is Cc1cc(Cl)ccc1NC(=O)CN(C)S(C)(=O)=O. The molecule has 0 spiro atoms. The maximum absolute atomic E-state index is 11.7. The molecular weight excluding hydrogens is 276 g/mol. The number of carbonyl (C=O) groups is 1. The third-order valence-corrected chi connectivity index (χ3v) is 3.89. The van der Waals surface area contributed by atoms with Crippen molar-refractivity contribution in [3.63, 3.8) is 0 Å². The molecule has 1 rings (SSSR count). The van der Waals surface area contributed by atoms with Gasteiger partial charge in [0.25, 0.3) is 0 Å². The Morgan fingerprint density at radius 1 is 1.44 bits per heavy atom. The van der Waals surface area contributed by atoms with E-state index in [0.29, 0.717) is 10.7 Å². The summed E-state index contributed by atoms with van der Waals surface area (Å²) in [6.07, 6.45) is 1.05. The standard InChI is InChI=1S/C11H15ClN2O3S/c1-8-6-9(12)4-5-10(8)13-11(15)7-14(2)18(3,16)17/h4-6H,7H2,1-3H3,(H,13,15). The third-order valence-electron chi connectivity index (χ3n) is 2.39. The van der Waals surface area contributed by atoms with Gasteiger partial charge in [-0.3, -0.25) is 4.79 Å². The summed E-state index contributed by atoms with van der Waals surface area (Å²) < 4.78 is 23.3. The van der Waals surface area contributed by atoms with E-state index in [-0.39, 0.29) is 6.54 Å². The Labute approximate surface area is 112 Å². The molecule has 0 aliphatic heterocycles. The number of nitrogens with zero attached hydrogens (tertiary/aromatic N) is 1. The number of halogens is 1. The fraction of sp³-hybridized carbons (Fsp3) is 0.364. The summed E-state index contributed by atoms with van der Waals surface area (Å²) in [6.45, 7) is 1.59. The van der Waals surface area contributed by atoms with Crippen LogP contribution in [0.3, 0.4) is 0 Å². The first-order chi connectivity index (χ1) is 8.20. The topological polar surface area (TPSA) is 66.5 Å². The molecule has 7 heteroatoms. The summed E-state index contributed by atoms with van der Waals surface area (Å²) in [5.74, 6) is -0.395. The Morgan fingerprint density at radius 3 is 2.56 bits per heavy atom. The minimum Gasteiger partial charge on any atom is -0.325 e. The molecular formula is C11H15ClN2O3S. The summed E-state index contributed by atoms with van der Waals surface area (Å²) in [7, 11) is -2.00. The molecule has 1 aromatic rings. The van der Waals surface area contributed by atoms with Gasteiger partial charge >= 0.3 is 0 Å². The van der Waals surface area contributed by atoms with Crippen molar-refractivity contribution in [1.82, 2.24) is 4.31 Å². The summed E-state index contributed by atoms with van der Waals surface area (Å²) in [6, 6.07) is 5.05. The van der Waals surface area contributed by atoms with Crippen molar-refractivity contribution >= 4 is 33.2 Å². The molecule has 5 nitrogen and oxygen atoms in total. The van der Waals surface area contributed by atoms with E-state index < -0.39 is 15.9 Å². The van der Waals surface area contributed by atoms with E-state index in [4.69, 9.17) is 11.6 Å². The van der Waals surface area contributed by atoms with Crippen LogP contribution in [0, 0.1) is 6.92 Å². The Kier molecular flexibility index (Phi) is 4.72. The number of rotatable bonds is 4. The van der Waals surface area contributed by atoms with Crippen LogP contribution in [0.15, 0.2) is 18.2 Å². The maximum atomic E-state index is 11.7. The molecule has 18 heavy (non-hydrogen) atoms. The zero-order chi connectivity index (χ0) is 13.9. The highest BCUT2D eigenvalue weighted by molar-refractivity contribution is 7.88. The van der Waals surface area contributed by atoms with E-state index in [2.05, 4.69) is 5.32 Å². The summed E-state index contributed by atoms with van der Waals surface area (Å²) >= 11 is 5.80. The molecule has 0 atom stereocenters. The van der Waals surface area contributed by atoms with Gasteiger partial charge in [0.05, 0.1) is 12.8 Å². The van der Waals surface area contributed by atoms with Crippen LogP contribution in [0.4, 0.5) is 5.69 Å². The monoisotopic (exact) mass is 290 g/mol. The lowest BCUT2D eigenvalue weighted by molar-refractivity contribution is -0.116. The molecule has 100 valence electrons. The fourth-order valence-electron chi connectivity index (χ4n) is 1.28. The number of likely N-dealkylation sites (N-methyl/N-ethyl adjacent to an activating group) is 1. The second kappa shape index (κ2) is 5.69. The Bertz CT molecular complexity index is 557. The molecule has 0 aliphatic rings. The van der Waals surface area contributed by atoms with Gasteiger partial charge in [-0.2, -0.15) is 4.31 Å². The van der Waals surface area contributed by atoms with Crippen LogP contribution < -0.4 is 5.32 Å². The molecule has 0 unspecified atom stereocenters. The van der Waals surface area contributed by atoms with Crippen molar-refractivity contribution < 1.29 is 13.2 Å². The van der Waals surface area contributed by atoms with Crippen molar-refractivity contribution in [2.75, 3.05) is 25.2 Å². The van der Waals surface area contributed by atoms with Crippen LogP contribution in [-0.2, 0) is 14.8 Å². The van der Waals surface area contributed by atoms with Gasteiger partial charge in [-0.15, -0.1) is 0 Å². The van der Waals surface area contributed by atoms with E-state index in [1.165, 1.54) is 7.05 Å². The fourth-order valence-corrected chi connectivity index (χ4v) is 1.85. The van der Waals surface area contributed by atoms with E-state index >= 15 is 0 Å². The third kappa shape index (κ3) is 4.29. The minimum absolute atomic E-state index is 0.221. The number of aryl methyl sites for hydroxylation is 1. The molecule has 0 saturated heterocycles. The quantitative estimate of drug-likeness (QED) is 0.913. The van der Waals surface area contributed by atoms with Crippen LogP contribution >= 0.6 is 11.6 Å². The first-order valence-corrected chi connectivity index (χ1v) is 7.40. The van der Waals surface area contributed by atoms with Crippen molar-refractivity contribution in [1.29, 1.82) is 0 Å². The van der Waals surface area contributed by atoms with Crippen molar-refractivity contribution in [3.05, 3.63) is 28.8 Å². The van der Waals surface area contributed by atoms with Gasteiger partial charge in [-0.05, 0) is 30.7 Å². The van der Waals surface area contributed by atoms with E-state index in [1.807, 2.05) is 6.92 Å². The molecule has 0 aromatic heterocycles. The first-order valence-electron chi connectivity index (χ1n) is 5.17. The molecule has 0 bridgehead atoms. The smallest absolute Gasteiger partial charge is 0.239 e. The number of anilines is 1. The highest BCUT2D eigenvalue weighted by Gasteiger charge is 2.15. The van der Waals surface area contributed by atoms with E-state index in [9.17, 15) is 13.2 Å². The van der Waals surface area contributed by atoms with E-state index in [1.54, 1.807) is 18.2 Å². The second-order valence-corrected chi connectivity index (χ2v) is 6.55. The van der Waals surface area contributed by atoms with Gasteiger partial charge in [0.2, 0.25) is 15.9 Å². The van der Waals surface area contributed by atoms with Gasteiger partial charge < -0.3 is 5.32 Å². The molecule has 0 saturated carbocycles. The Balaban J connectivity index is 2.71. The lowest BCUT2D eigenvalue weighted by Gasteiger charge is -2.14. The maximum Gasteiger partial charge on any atom is 0.239 e. The average Bonchev–Trinajstić information content (AvgIpc) is 2.20. The van der Waals surface area contributed by atoms with Crippen LogP contribution in [0.1, 0.15) is 5.56 Å². The van der Waals surface area contributed by atoms with Crippen LogP contribution in [0.5, 0.6) is 0 Å². The van der Waals surface area contributed by atoms with Crippen molar-refractivity contribution in [2.45, 2.75) is 6.92 Å². The van der Waals surface area contributed by atoms with Crippen LogP contribution in [-0.4, -0.2) is 38.5 Å². The molecule has 1 amide bonds. The molecule has 1 aromatic carbocycles. The normalized spacial score (nSPS) is 11.6. The van der Waals surface area contributed by atoms with Crippen LogP contribution in [0.2, 0.25) is 5.02 Å². The highest BCUT2D eigenvalue weighted by Crippen LogP contribution is 2.19. The van der Waals surface area contributed by atoms with Gasteiger partial charge in [0.15, 0.2) is 0 Å². The number of nitrogens with one attached hydrogen (secondary N) is 1. The zero-order valence-corrected chi connectivity index (χ0v) is 12.0. The average molecular weight is 291 g/mol. The number of amides is 1. The largest absolute Gasteiger partial charge is 0.325 e. The summed E-state index contributed by atoms with van der Waals surface area (Å²) in [5.41, 5.74) is 1.43. The number of hydrogen-bond donors (Lipinski definition) is 1. The highest BCUT2D eigenvalue weighted by atomic mass is 35.5. The Hall–Kier alpha value is -1.11. The zero-order valence-electron chi connectivity index (χ0n) is 10.4. The number of benzene rings is 1. The van der Waals surface area contributed by atoms with Crippen molar-refractivity contribution in [3.8, 4) is 0 Å². The van der Waals surface area contributed by atoms with Gasteiger partial charge in [0, 0.05) is 17.8 Å². The number of hydrogen-bond acceptors (Lipinski definition) is 3. The molecule has 0 aliphatic carbocycles. The lowest BCUT2D eigenvalue weighted by Crippen LogP contribution is -2.34. The lowest BCUT2D eigenvalue weighted by atomic mass is 10.2.